The molecule has 0 fully saturated rings. The van der Waals surface area contributed by atoms with Gasteiger partial charge in [-0.3, -0.25) is 4.79 Å². The Morgan fingerprint density at radius 2 is 1.97 bits per heavy atom. The van der Waals surface area contributed by atoms with Gasteiger partial charge in [0.2, 0.25) is 0 Å². The molecule has 0 spiro atoms. The first-order chi connectivity index (χ1) is 16.0. The zero-order valence-corrected chi connectivity index (χ0v) is 19.2. The second kappa shape index (κ2) is 9.60. The van der Waals surface area contributed by atoms with Crippen LogP contribution < -0.4 is 20.1 Å². The first kappa shape index (κ1) is 22.1. The van der Waals surface area contributed by atoms with Crippen molar-refractivity contribution < 1.29 is 14.3 Å². The maximum atomic E-state index is 12.4. The van der Waals surface area contributed by atoms with Gasteiger partial charge in [-0.1, -0.05) is 19.1 Å². The Bertz CT molecular complexity index is 1300. The summed E-state index contributed by atoms with van der Waals surface area (Å²) in [5, 5.41) is 10.7. The molecule has 0 unspecified atom stereocenters. The molecule has 2 heterocycles. The second-order valence-electron chi connectivity index (χ2n) is 7.63. The van der Waals surface area contributed by atoms with Crippen LogP contribution in [0.25, 0.3) is 16.8 Å². The van der Waals surface area contributed by atoms with Crippen LogP contribution in [-0.4, -0.2) is 41.3 Å². The largest absolute Gasteiger partial charge is 0.493 e. The minimum absolute atomic E-state index is 0.0886. The van der Waals surface area contributed by atoms with Crippen molar-refractivity contribution in [2.75, 3.05) is 26.1 Å². The molecule has 2 aromatic heterocycles. The van der Waals surface area contributed by atoms with E-state index in [1.807, 2.05) is 56.4 Å². The third-order valence-electron chi connectivity index (χ3n) is 5.28. The van der Waals surface area contributed by atoms with E-state index in [1.165, 1.54) is 0 Å². The third kappa shape index (κ3) is 4.59. The fourth-order valence-corrected chi connectivity index (χ4v) is 3.69. The van der Waals surface area contributed by atoms with Crippen LogP contribution in [0.1, 0.15) is 29.3 Å². The topological polar surface area (TPSA) is 89.8 Å². The van der Waals surface area contributed by atoms with Gasteiger partial charge in [0, 0.05) is 35.6 Å². The molecular weight excluding hydrogens is 418 g/mol. The van der Waals surface area contributed by atoms with Gasteiger partial charge in [0.25, 0.3) is 5.91 Å². The first-order valence-electron chi connectivity index (χ1n) is 10.8. The lowest BCUT2D eigenvalue weighted by Gasteiger charge is -2.14. The molecule has 0 aliphatic carbocycles. The Balaban J connectivity index is 1.67. The SMILES string of the molecule is CCCNC(=O)c1cccc(-c2cnn3ccc(Nc4cc(C)c(OC)c(OC)c4)nc23)c1. The molecule has 0 radical (unpaired) electrons. The Morgan fingerprint density at radius 3 is 2.73 bits per heavy atom. The molecule has 2 aromatic carbocycles. The van der Waals surface area contributed by atoms with Gasteiger partial charge in [0.1, 0.15) is 5.82 Å². The number of nitrogens with one attached hydrogen (secondary N) is 2. The van der Waals surface area contributed by atoms with Crippen molar-refractivity contribution in [3.8, 4) is 22.6 Å². The van der Waals surface area contributed by atoms with Gasteiger partial charge in [0.15, 0.2) is 17.1 Å². The summed E-state index contributed by atoms with van der Waals surface area (Å²) in [6.45, 7) is 4.63. The fourth-order valence-electron chi connectivity index (χ4n) is 3.69. The average molecular weight is 446 g/mol. The van der Waals surface area contributed by atoms with E-state index in [0.29, 0.717) is 35.1 Å². The minimum atomic E-state index is -0.0886. The van der Waals surface area contributed by atoms with Crippen molar-refractivity contribution in [1.29, 1.82) is 0 Å². The number of hydrogen-bond donors (Lipinski definition) is 2. The summed E-state index contributed by atoms with van der Waals surface area (Å²) in [4.78, 5) is 17.2. The number of aromatic nitrogens is 3. The molecule has 0 aliphatic heterocycles. The maximum absolute atomic E-state index is 12.4. The van der Waals surface area contributed by atoms with Crippen molar-refractivity contribution >= 4 is 23.1 Å². The molecule has 0 saturated carbocycles. The molecule has 1 amide bonds. The first-order valence-corrected chi connectivity index (χ1v) is 10.8. The van der Waals surface area contributed by atoms with E-state index >= 15 is 0 Å². The number of carbonyl (C=O) groups excluding carboxylic acids is 1. The second-order valence-corrected chi connectivity index (χ2v) is 7.63. The number of methoxy groups -OCH3 is 2. The zero-order chi connectivity index (χ0) is 23.4. The summed E-state index contributed by atoms with van der Waals surface area (Å²) >= 11 is 0. The monoisotopic (exact) mass is 445 g/mol. The van der Waals surface area contributed by atoms with Crippen molar-refractivity contribution in [2.24, 2.45) is 0 Å². The fraction of sp³-hybridized carbons (Fsp3) is 0.240. The lowest BCUT2D eigenvalue weighted by molar-refractivity contribution is 0.0953. The zero-order valence-electron chi connectivity index (χ0n) is 19.2. The number of aryl methyl sites for hydroxylation is 1. The maximum Gasteiger partial charge on any atom is 0.251 e. The van der Waals surface area contributed by atoms with Gasteiger partial charge >= 0.3 is 0 Å². The molecule has 0 bridgehead atoms. The Hall–Kier alpha value is -4.07. The molecule has 33 heavy (non-hydrogen) atoms. The number of benzene rings is 2. The van der Waals surface area contributed by atoms with Crippen LogP contribution in [0.4, 0.5) is 11.5 Å². The number of fused-ring (bicyclic) bond motifs is 1. The number of hydrogen-bond acceptors (Lipinski definition) is 6. The number of ether oxygens (including phenoxy) is 2. The van der Waals surface area contributed by atoms with Gasteiger partial charge in [-0.15, -0.1) is 0 Å². The molecule has 8 nitrogen and oxygen atoms in total. The van der Waals surface area contributed by atoms with Crippen molar-refractivity contribution in [1.82, 2.24) is 19.9 Å². The van der Waals surface area contributed by atoms with Gasteiger partial charge < -0.3 is 20.1 Å². The molecule has 0 atom stereocenters. The van der Waals surface area contributed by atoms with Crippen molar-refractivity contribution in [3.05, 3.63) is 66.0 Å². The van der Waals surface area contributed by atoms with Crippen molar-refractivity contribution in [3.63, 3.8) is 0 Å². The summed E-state index contributed by atoms with van der Waals surface area (Å²) < 4.78 is 12.6. The highest BCUT2D eigenvalue weighted by atomic mass is 16.5. The van der Waals surface area contributed by atoms with E-state index in [-0.39, 0.29) is 5.91 Å². The summed E-state index contributed by atoms with van der Waals surface area (Å²) in [6.07, 6.45) is 4.49. The van der Waals surface area contributed by atoms with Crippen LogP contribution >= 0.6 is 0 Å². The average Bonchev–Trinajstić information content (AvgIpc) is 3.25. The van der Waals surface area contributed by atoms with E-state index in [1.54, 1.807) is 31.0 Å². The molecule has 0 saturated heterocycles. The Kier molecular flexibility index (Phi) is 6.44. The lowest BCUT2D eigenvalue weighted by atomic mass is 10.1. The molecular formula is C25H27N5O3. The van der Waals surface area contributed by atoms with Gasteiger partial charge in [-0.05, 0) is 48.7 Å². The van der Waals surface area contributed by atoms with E-state index in [4.69, 9.17) is 14.5 Å². The number of anilines is 2. The number of carbonyl (C=O) groups is 1. The highest BCUT2D eigenvalue weighted by Crippen LogP contribution is 2.35. The van der Waals surface area contributed by atoms with E-state index < -0.39 is 0 Å². The highest BCUT2D eigenvalue weighted by Gasteiger charge is 2.13. The lowest BCUT2D eigenvalue weighted by Crippen LogP contribution is -2.23. The third-order valence-corrected chi connectivity index (χ3v) is 5.28. The van der Waals surface area contributed by atoms with E-state index in [0.717, 1.165) is 28.8 Å². The number of amides is 1. The smallest absolute Gasteiger partial charge is 0.251 e. The summed E-state index contributed by atoms with van der Waals surface area (Å²) in [7, 11) is 3.23. The molecule has 4 aromatic rings. The number of rotatable bonds is 8. The van der Waals surface area contributed by atoms with Crippen LogP contribution in [0.15, 0.2) is 54.9 Å². The van der Waals surface area contributed by atoms with Gasteiger partial charge in [-0.2, -0.15) is 5.10 Å². The van der Waals surface area contributed by atoms with E-state index in [9.17, 15) is 4.79 Å². The van der Waals surface area contributed by atoms with Crippen LogP contribution in [0, 0.1) is 6.92 Å². The Labute approximate surface area is 192 Å². The van der Waals surface area contributed by atoms with E-state index in [2.05, 4.69) is 15.7 Å². The van der Waals surface area contributed by atoms with Crippen LogP contribution in [0.3, 0.4) is 0 Å². The molecule has 0 aliphatic rings. The molecule has 8 heteroatoms. The molecule has 2 N–H and O–H groups in total. The predicted octanol–water partition coefficient (Wildman–Crippen LogP) is 4.61. The van der Waals surface area contributed by atoms with Crippen LogP contribution in [0.2, 0.25) is 0 Å². The predicted molar refractivity (Wildman–Crippen MR) is 129 cm³/mol. The standard InChI is InChI=1S/C25H27N5O3/c1-5-10-26-25(31)18-8-6-7-17(13-18)20-15-27-30-11-9-22(29-24(20)30)28-19-12-16(2)23(33-4)21(14-19)32-3/h6-9,11-15H,5,10H2,1-4H3,(H,26,31)(H,28,29). The van der Waals surface area contributed by atoms with Crippen LogP contribution in [0.5, 0.6) is 11.5 Å². The number of nitrogens with zero attached hydrogens (tertiary/aromatic N) is 3. The molecule has 4 rings (SSSR count). The highest BCUT2D eigenvalue weighted by molar-refractivity contribution is 5.96. The summed E-state index contributed by atoms with van der Waals surface area (Å²) in [6, 6.07) is 13.2. The van der Waals surface area contributed by atoms with Gasteiger partial charge in [0.05, 0.1) is 20.4 Å². The quantitative estimate of drug-likeness (QED) is 0.412. The summed E-state index contributed by atoms with van der Waals surface area (Å²) in [5.74, 6) is 1.92. The van der Waals surface area contributed by atoms with Gasteiger partial charge in [-0.25, -0.2) is 9.50 Å². The molecule has 170 valence electrons. The normalized spacial score (nSPS) is 10.8. The Morgan fingerprint density at radius 1 is 1.12 bits per heavy atom. The van der Waals surface area contributed by atoms with Crippen molar-refractivity contribution in [2.45, 2.75) is 20.3 Å². The summed E-state index contributed by atoms with van der Waals surface area (Å²) in [5.41, 5.74) is 4.79. The van der Waals surface area contributed by atoms with Crippen LogP contribution in [-0.2, 0) is 0 Å². The minimum Gasteiger partial charge on any atom is -0.493 e.